The number of alkyl halides is 1. The van der Waals surface area contributed by atoms with E-state index in [2.05, 4.69) is 9.68 Å². The van der Waals surface area contributed by atoms with E-state index in [1.165, 1.54) is 6.92 Å². The zero-order chi connectivity index (χ0) is 22.3. The molecule has 0 N–H and O–H groups in total. The SMILES string of the molecule is CC(Cl)C(=O)O[C@H]1CO[C@H]2[C@@H]1OC[C@@H]2OC(=O)CCC[C@H](CO[N+](=O)[O-])O[N+](=O)[O-]. The Morgan fingerprint density at radius 1 is 1.10 bits per heavy atom. The molecule has 0 bridgehead atoms. The second-order valence-electron chi connectivity index (χ2n) is 6.58. The topological polar surface area (TPSA) is 176 Å². The molecule has 2 rings (SSSR count). The van der Waals surface area contributed by atoms with Crippen LogP contribution < -0.4 is 0 Å². The van der Waals surface area contributed by atoms with Gasteiger partial charge in [0.25, 0.3) is 10.2 Å². The molecule has 2 fully saturated rings. The molecular weight excluding hydrogens is 436 g/mol. The molecule has 0 aliphatic carbocycles. The molecule has 0 spiro atoms. The molecule has 6 atom stereocenters. The van der Waals surface area contributed by atoms with Gasteiger partial charge in [0.1, 0.15) is 30.3 Å². The zero-order valence-corrected chi connectivity index (χ0v) is 16.6. The van der Waals surface area contributed by atoms with Gasteiger partial charge in [0.15, 0.2) is 12.2 Å². The van der Waals surface area contributed by atoms with Gasteiger partial charge in [-0.3, -0.25) is 9.59 Å². The van der Waals surface area contributed by atoms with Crippen molar-refractivity contribution in [1.82, 2.24) is 0 Å². The van der Waals surface area contributed by atoms with Crippen LogP contribution in [0, 0.1) is 20.2 Å². The highest BCUT2D eigenvalue weighted by molar-refractivity contribution is 6.29. The minimum atomic E-state index is -1.20. The minimum absolute atomic E-state index is 0.0394. The van der Waals surface area contributed by atoms with Crippen molar-refractivity contribution in [3.05, 3.63) is 20.2 Å². The Balaban J connectivity index is 1.74. The van der Waals surface area contributed by atoms with E-state index in [0.717, 1.165) is 0 Å². The number of nitrogens with zero attached hydrogens (tertiary/aromatic N) is 2. The Morgan fingerprint density at radius 3 is 2.23 bits per heavy atom. The molecular formula is C15H21ClN2O12. The van der Waals surface area contributed by atoms with Gasteiger partial charge in [-0.1, -0.05) is 0 Å². The summed E-state index contributed by atoms with van der Waals surface area (Å²) in [4.78, 5) is 52.6. The number of hydrogen-bond acceptors (Lipinski definition) is 12. The van der Waals surface area contributed by atoms with Gasteiger partial charge >= 0.3 is 11.9 Å². The first-order valence-corrected chi connectivity index (χ1v) is 9.46. The van der Waals surface area contributed by atoms with Crippen LogP contribution in [0.3, 0.4) is 0 Å². The van der Waals surface area contributed by atoms with Crippen LogP contribution in [0.25, 0.3) is 0 Å². The van der Waals surface area contributed by atoms with E-state index in [1.807, 2.05) is 0 Å². The van der Waals surface area contributed by atoms with Crippen molar-refractivity contribution in [3.63, 3.8) is 0 Å². The summed E-state index contributed by atoms with van der Waals surface area (Å²) in [5.41, 5.74) is 0. The fourth-order valence-electron chi connectivity index (χ4n) is 3.01. The van der Waals surface area contributed by atoms with Crippen LogP contribution in [0.5, 0.6) is 0 Å². The van der Waals surface area contributed by atoms with Gasteiger partial charge in [0.2, 0.25) is 0 Å². The summed E-state index contributed by atoms with van der Waals surface area (Å²) in [5, 5.41) is 17.6. The normalized spacial score (nSPS) is 26.9. The summed E-state index contributed by atoms with van der Waals surface area (Å²) >= 11 is 5.67. The van der Waals surface area contributed by atoms with Gasteiger partial charge < -0.3 is 28.6 Å². The van der Waals surface area contributed by atoms with Crippen molar-refractivity contribution >= 4 is 23.5 Å². The van der Waals surface area contributed by atoms with Crippen molar-refractivity contribution in [3.8, 4) is 0 Å². The number of esters is 2. The van der Waals surface area contributed by atoms with Crippen LogP contribution in [-0.4, -0.2) is 77.8 Å². The molecule has 0 amide bonds. The average molecular weight is 457 g/mol. The molecule has 2 aliphatic heterocycles. The van der Waals surface area contributed by atoms with Gasteiger partial charge in [-0.15, -0.1) is 31.8 Å². The van der Waals surface area contributed by atoms with Gasteiger partial charge in [0, 0.05) is 6.42 Å². The summed E-state index contributed by atoms with van der Waals surface area (Å²) in [6, 6.07) is 0. The number of carbonyl (C=O) groups is 2. The Hall–Kier alpha value is -2.45. The largest absolute Gasteiger partial charge is 0.457 e. The van der Waals surface area contributed by atoms with Crippen LogP contribution in [0.15, 0.2) is 0 Å². The highest BCUT2D eigenvalue weighted by atomic mass is 35.5. The molecule has 170 valence electrons. The summed E-state index contributed by atoms with van der Waals surface area (Å²) in [6.45, 7) is 0.963. The van der Waals surface area contributed by atoms with E-state index in [-0.39, 0.29) is 32.5 Å². The fraction of sp³-hybridized carbons (Fsp3) is 0.867. The summed E-state index contributed by atoms with van der Waals surface area (Å²) in [7, 11) is 0. The molecule has 14 nitrogen and oxygen atoms in total. The molecule has 0 aromatic carbocycles. The summed E-state index contributed by atoms with van der Waals surface area (Å²) < 4.78 is 21.6. The van der Waals surface area contributed by atoms with Crippen molar-refractivity contribution < 1.29 is 48.4 Å². The molecule has 0 radical (unpaired) electrons. The maximum atomic E-state index is 12.1. The van der Waals surface area contributed by atoms with Gasteiger partial charge in [-0.05, 0) is 19.8 Å². The maximum absolute atomic E-state index is 12.1. The molecule has 30 heavy (non-hydrogen) atoms. The third kappa shape index (κ3) is 7.11. The summed E-state index contributed by atoms with van der Waals surface area (Å²) in [6.07, 6.45) is -3.80. The van der Waals surface area contributed by atoms with Crippen molar-refractivity contribution in [1.29, 1.82) is 0 Å². The predicted octanol–water partition coefficient (Wildman–Crippen LogP) is 0.190. The molecule has 0 saturated carbocycles. The number of hydrogen-bond donors (Lipinski definition) is 0. The lowest BCUT2D eigenvalue weighted by atomic mass is 10.1. The fourth-order valence-corrected chi connectivity index (χ4v) is 3.06. The molecule has 0 aromatic rings. The molecule has 2 heterocycles. The van der Waals surface area contributed by atoms with Gasteiger partial charge in [-0.25, -0.2) is 0 Å². The lowest BCUT2D eigenvalue weighted by Gasteiger charge is -2.18. The van der Waals surface area contributed by atoms with Crippen LogP contribution in [0.2, 0.25) is 0 Å². The first-order valence-electron chi connectivity index (χ1n) is 9.03. The first-order chi connectivity index (χ1) is 14.2. The molecule has 1 unspecified atom stereocenters. The average Bonchev–Trinajstić information content (AvgIpc) is 3.22. The standard InChI is InChI=1S/C15H21ClN2O12/c1-8(16)15(20)29-11-7-26-13-10(6-25-14(11)13)28-12(19)4-2-3-9(30-18(23)24)5-27-17(21)22/h8-11,13-14H,2-7H2,1H3/t8?,9-,10+,11+,13-,14-/m1/s1. The lowest BCUT2D eigenvalue weighted by Crippen LogP contribution is -2.36. The monoisotopic (exact) mass is 456 g/mol. The van der Waals surface area contributed by atoms with E-state index < -0.39 is 64.6 Å². The second-order valence-corrected chi connectivity index (χ2v) is 7.23. The highest BCUT2D eigenvalue weighted by Gasteiger charge is 2.51. The van der Waals surface area contributed by atoms with Crippen molar-refractivity contribution in [2.75, 3.05) is 19.8 Å². The number of ether oxygens (including phenoxy) is 4. The number of rotatable bonds is 12. The third-order valence-electron chi connectivity index (χ3n) is 4.35. The highest BCUT2D eigenvalue weighted by Crippen LogP contribution is 2.31. The van der Waals surface area contributed by atoms with Gasteiger partial charge in [0.05, 0.1) is 13.2 Å². The zero-order valence-electron chi connectivity index (χ0n) is 15.9. The lowest BCUT2D eigenvalue weighted by molar-refractivity contribution is -0.790. The molecule has 2 saturated heterocycles. The van der Waals surface area contributed by atoms with Crippen LogP contribution >= 0.6 is 11.6 Å². The van der Waals surface area contributed by atoms with E-state index in [0.29, 0.717) is 0 Å². The Bertz CT molecular complexity index is 647. The number of fused-ring (bicyclic) bond motifs is 1. The number of carbonyl (C=O) groups excluding carboxylic acids is 2. The minimum Gasteiger partial charge on any atom is -0.457 e. The number of halogens is 1. The molecule has 15 heteroatoms. The third-order valence-corrected chi connectivity index (χ3v) is 4.52. The second kappa shape index (κ2) is 11.1. The van der Waals surface area contributed by atoms with Crippen LogP contribution in [-0.2, 0) is 38.2 Å². The Labute approximate surface area is 174 Å². The van der Waals surface area contributed by atoms with Crippen molar-refractivity contribution in [2.45, 2.75) is 62.1 Å². The molecule has 2 aliphatic rings. The first kappa shape index (κ1) is 23.8. The Kier molecular flexibility index (Phi) is 8.80. The quantitative estimate of drug-likeness (QED) is 0.169. The molecule has 0 aromatic heterocycles. The maximum Gasteiger partial charge on any atom is 0.324 e. The van der Waals surface area contributed by atoms with Crippen molar-refractivity contribution in [2.24, 2.45) is 0 Å². The van der Waals surface area contributed by atoms with E-state index in [9.17, 15) is 29.8 Å². The van der Waals surface area contributed by atoms with E-state index >= 15 is 0 Å². The van der Waals surface area contributed by atoms with Gasteiger partial charge in [-0.2, -0.15) is 0 Å². The predicted molar refractivity (Wildman–Crippen MR) is 93.2 cm³/mol. The van der Waals surface area contributed by atoms with E-state index in [1.54, 1.807) is 0 Å². The van der Waals surface area contributed by atoms with Crippen LogP contribution in [0.4, 0.5) is 0 Å². The summed E-state index contributed by atoms with van der Waals surface area (Å²) in [5.74, 6) is -1.22. The van der Waals surface area contributed by atoms with E-state index in [4.69, 9.17) is 30.5 Å². The van der Waals surface area contributed by atoms with Crippen LogP contribution in [0.1, 0.15) is 26.2 Å². The smallest absolute Gasteiger partial charge is 0.324 e. The Morgan fingerprint density at radius 2 is 1.70 bits per heavy atom.